The minimum atomic E-state index is -0.0943. The van der Waals surface area contributed by atoms with Crippen LogP contribution < -0.4 is 14.9 Å². The Balaban J connectivity index is 2.01. The molecule has 1 N–H and O–H groups in total. The van der Waals surface area contributed by atoms with E-state index in [0.29, 0.717) is 23.8 Å². The molecule has 0 bridgehead atoms. The van der Waals surface area contributed by atoms with Crippen molar-refractivity contribution in [2.75, 3.05) is 6.79 Å². The molecule has 0 fully saturated rings. The molecule has 1 heterocycles. The number of carbonyl (C=O) groups is 1. The van der Waals surface area contributed by atoms with Crippen LogP contribution in [0, 0.1) is 5.92 Å². The Labute approximate surface area is 120 Å². The zero-order chi connectivity index (χ0) is 13.8. The molecule has 0 spiro atoms. The van der Waals surface area contributed by atoms with E-state index in [2.05, 4.69) is 26.5 Å². The SMILES string of the molecule is CC(C)CC(=O)N/N=C/c1cc2c(cc1Br)OCO2. The summed E-state index contributed by atoms with van der Waals surface area (Å²) in [7, 11) is 0. The molecule has 0 aliphatic carbocycles. The Morgan fingerprint density at radius 2 is 2.16 bits per heavy atom. The highest BCUT2D eigenvalue weighted by atomic mass is 79.9. The van der Waals surface area contributed by atoms with E-state index in [-0.39, 0.29) is 12.7 Å². The van der Waals surface area contributed by atoms with Crippen molar-refractivity contribution in [1.29, 1.82) is 0 Å². The van der Waals surface area contributed by atoms with Crippen molar-refractivity contribution in [1.82, 2.24) is 5.43 Å². The summed E-state index contributed by atoms with van der Waals surface area (Å²) >= 11 is 3.42. The number of hydrogen-bond acceptors (Lipinski definition) is 4. The molecule has 1 amide bonds. The third-order valence-electron chi connectivity index (χ3n) is 2.48. The van der Waals surface area contributed by atoms with Gasteiger partial charge in [-0.3, -0.25) is 4.79 Å². The molecule has 102 valence electrons. The molecule has 0 atom stereocenters. The monoisotopic (exact) mass is 326 g/mol. The van der Waals surface area contributed by atoms with E-state index >= 15 is 0 Å². The lowest BCUT2D eigenvalue weighted by Gasteiger charge is -2.03. The number of nitrogens with one attached hydrogen (secondary N) is 1. The third-order valence-corrected chi connectivity index (χ3v) is 3.17. The topological polar surface area (TPSA) is 59.9 Å². The van der Waals surface area contributed by atoms with Gasteiger partial charge in [0.1, 0.15) is 0 Å². The average Bonchev–Trinajstić information content (AvgIpc) is 2.75. The summed E-state index contributed by atoms with van der Waals surface area (Å²) in [6.07, 6.45) is 2.03. The van der Waals surface area contributed by atoms with Crippen LogP contribution in [0.1, 0.15) is 25.8 Å². The van der Waals surface area contributed by atoms with E-state index in [1.165, 1.54) is 0 Å². The fraction of sp³-hybridized carbons (Fsp3) is 0.385. The number of amides is 1. The molecule has 1 aliphatic heterocycles. The van der Waals surface area contributed by atoms with Crippen molar-refractivity contribution in [2.45, 2.75) is 20.3 Å². The first-order valence-electron chi connectivity index (χ1n) is 5.97. The van der Waals surface area contributed by atoms with Crippen molar-refractivity contribution >= 4 is 28.1 Å². The molecule has 0 saturated carbocycles. The van der Waals surface area contributed by atoms with Gasteiger partial charge in [0.15, 0.2) is 11.5 Å². The third kappa shape index (κ3) is 3.70. The van der Waals surface area contributed by atoms with Gasteiger partial charge in [-0.15, -0.1) is 0 Å². The molecule has 6 heteroatoms. The number of fused-ring (bicyclic) bond motifs is 1. The minimum absolute atomic E-state index is 0.0943. The highest BCUT2D eigenvalue weighted by Crippen LogP contribution is 2.36. The lowest BCUT2D eigenvalue weighted by Crippen LogP contribution is -2.19. The molecule has 2 rings (SSSR count). The van der Waals surface area contributed by atoms with Crippen LogP contribution in [0.25, 0.3) is 0 Å². The van der Waals surface area contributed by atoms with Gasteiger partial charge in [-0.2, -0.15) is 5.10 Å². The molecule has 0 unspecified atom stereocenters. The largest absolute Gasteiger partial charge is 0.454 e. The quantitative estimate of drug-likeness (QED) is 0.683. The lowest BCUT2D eigenvalue weighted by atomic mass is 10.1. The van der Waals surface area contributed by atoms with Crippen molar-refractivity contribution in [3.63, 3.8) is 0 Å². The van der Waals surface area contributed by atoms with E-state index < -0.39 is 0 Å². The summed E-state index contributed by atoms with van der Waals surface area (Å²) in [5.41, 5.74) is 3.31. The zero-order valence-electron chi connectivity index (χ0n) is 10.8. The van der Waals surface area contributed by atoms with Gasteiger partial charge in [0.25, 0.3) is 0 Å². The number of hydrogen-bond donors (Lipinski definition) is 1. The first-order valence-corrected chi connectivity index (χ1v) is 6.76. The van der Waals surface area contributed by atoms with E-state index in [9.17, 15) is 4.79 Å². The number of benzene rings is 1. The van der Waals surface area contributed by atoms with E-state index in [1.54, 1.807) is 6.21 Å². The standard InChI is InChI=1S/C13H15BrN2O3/c1-8(2)3-13(17)16-15-6-9-4-11-12(5-10(9)14)19-7-18-11/h4-6,8H,3,7H2,1-2H3,(H,16,17)/b15-6+. The number of rotatable bonds is 4. The first kappa shape index (κ1) is 13.9. The molecular formula is C13H15BrN2O3. The predicted octanol–water partition coefficient (Wildman–Crippen LogP) is 2.67. The molecule has 0 saturated heterocycles. The molecule has 0 aromatic heterocycles. The van der Waals surface area contributed by atoms with Crippen molar-refractivity contribution < 1.29 is 14.3 Å². The highest BCUT2D eigenvalue weighted by molar-refractivity contribution is 9.10. The van der Waals surface area contributed by atoms with Gasteiger partial charge < -0.3 is 9.47 Å². The summed E-state index contributed by atoms with van der Waals surface area (Å²) in [4.78, 5) is 11.4. The van der Waals surface area contributed by atoms with Gasteiger partial charge in [-0.25, -0.2) is 5.43 Å². The van der Waals surface area contributed by atoms with Crippen molar-refractivity contribution in [2.24, 2.45) is 11.0 Å². The van der Waals surface area contributed by atoms with Crippen LogP contribution in [0.15, 0.2) is 21.7 Å². The van der Waals surface area contributed by atoms with Gasteiger partial charge in [0.05, 0.1) is 6.21 Å². The Bertz CT molecular complexity index is 515. The summed E-state index contributed by atoms with van der Waals surface area (Å²) in [6, 6.07) is 3.63. The highest BCUT2D eigenvalue weighted by Gasteiger charge is 2.15. The van der Waals surface area contributed by atoms with Crippen LogP contribution in [0.3, 0.4) is 0 Å². The molecule has 1 aromatic rings. The molecule has 1 aliphatic rings. The normalized spacial score (nSPS) is 13.3. The second-order valence-electron chi connectivity index (χ2n) is 4.62. The van der Waals surface area contributed by atoms with Crippen LogP contribution >= 0.6 is 15.9 Å². The smallest absolute Gasteiger partial charge is 0.240 e. The van der Waals surface area contributed by atoms with E-state index in [0.717, 1.165) is 10.0 Å². The predicted molar refractivity (Wildman–Crippen MR) is 75.5 cm³/mol. The maximum Gasteiger partial charge on any atom is 0.240 e. The molecular weight excluding hydrogens is 312 g/mol. The first-order chi connectivity index (χ1) is 9.06. The van der Waals surface area contributed by atoms with Crippen molar-refractivity contribution in [3.8, 4) is 11.5 Å². The van der Waals surface area contributed by atoms with Crippen LogP contribution in [-0.2, 0) is 4.79 Å². The Morgan fingerprint density at radius 1 is 1.47 bits per heavy atom. The summed E-state index contributed by atoms with van der Waals surface area (Å²) in [5.74, 6) is 1.60. The fourth-order valence-corrected chi connectivity index (χ4v) is 2.05. The molecule has 1 aromatic carbocycles. The maximum absolute atomic E-state index is 11.4. The average molecular weight is 327 g/mol. The number of hydrazone groups is 1. The van der Waals surface area contributed by atoms with Gasteiger partial charge >= 0.3 is 0 Å². The van der Waals surface area contributed by atoms with Crippen molar-refractivity contribution in [3.05, 3.63) is 22.2 Å². The van der Waals surface area contributed by atoms with Crippen LogP contribution in [0.2, 0.25) is 0 Å². The van der Waals surface area contributed by atoms with Gasteiger partial charge in [-0.05, 0) is 34.0 Å². The summed E-state index contributed by atoms with van der Waals surface area (Å²) in [5, 5.41) is 3.93. The molecule has 0 radical (unpaired) electrons. The lowest BCUT2D eigenvalue weighted by molar-refractivity contribution is -0.121. The van der Waals surface area contributed by atoms with E-state index in [1.807, 2.05) is 26.0 Å². The Kier molecular flexibility index (Phi) is 4.42. The molecule has 19 heavy (non-hydrogen) atoms. The number of halogens is 1. The number of nitrogens with zero attached hydrogens (tertiary/aromatic N) is 1. The van der Waals surface area contributed by atoms with Gasteiger partial charge in [0.2, 0.25) is 12.7 Å². The second-order valence-corrected chi connectivity index (χ2v) is 5.47. The number of carbonyl (C=O) groups excluding carboxylic acids is 1. The zero-order valence-corrected chi connectivity index (χ0v) is 12.4. The van der Waals surface area contributed by atoms with E-state index in [4.69, 9.17) is 9.47 Å². The molecule has 5 nitrogen and oxygen atoms in total. The van der Waals surface area contributed by atoms with Gasteiger partial charge in [0, 0.05) is 16.5 Å². The number of ether oxygens (including phenoxy) is 2. The van der Waals surface area contributed by atoms with Crippen LogP contribution in [0.5, 0.6) is 11.5 Å². The minimum Gasteiger partial charge on any atom is -0.454 e. The second kappa shape index (κ2) is 6.06. The Hall–Kier alpha value is -1.56. The van der Waals surface area contributed by atoms with Crippen LogP contribution in [0.4, 0.5) is 0 Å². The fourth-order valence-electron chi connectivity index (χ4n) is 1.62. The maximum atomic E-state index is 11.4. The summed E-state index contributed by atoms with van der Waals surface area (Å²) < 4.78 is 11.4. The Morgan fingerprint density at radius 3 is 2.84 bits per heavy atom. The summed E-state index contributed by atoms with van der Waals surface area (Å²) in [6.45, 7) is 4.20. The van der Waals surface area contributed by atoms with Crippen LogP contribution in [-0.4, -0.2) is 18.9 Å². The van der Waals surface area contributed by atoms with Gasteiger partial charge in [-0.1, -0.05) is 13.8 Å².